The van der Waals surface area contributed by atoms with E-state index in [0.717, 1.165) is 9.13 Å². The van der Waals surface area contributed by atoms with Gasteiger partial charge in [0, 0.05) is 26.8 Å². The van der Waals surface area contributed by atoms with Gasteiger partial charge in [0.25, 0.3) is 0 Å². The van der Waals surface area contributed by atoms with Crippen molar-refractivity contribution in [2.75, 3.05) is 14.2 Å². The highest BCUT2D eigenvalue weighted by molar-refractivity contribution is 9.10. The molecule has 0 aliphatic heterocycles. The van der Waals surface area contributed by atoms with Gasteiger partial charge in [-0.05, 0) is 85.5 Å². The van der Waals surface area contributed by atoms with Crippen LogP contribution in [-0.2, 0) is 25.4 Å². The van der Waals surface area contributed by atoms with Crippen molar-refractivity contribution in [3.05, 3.63) is 43.9 Å². The molecule has 0 radical (unpaired) electrons. The van der Waals surface area contributed by atoms with Crippen LogP contribution < -0.4 is 0 Å². The number of carbonyl (C=O) groups is 4. The smallest absolute Gasteiger partial charge is 0.419 e. The first kappa shape index (κ1) is 28.6. The summed E-state index contributed by atoms with van der Waals surface area (Å²) in [5.41, 5.74) is -1.31. The van der Waals surface area contributed by atoms with Gasteiger partial charge in [0.15, 0.2) is 0 Å². The third-order valence-electron chi connectivity index (χ3n) is 4.38. The van der Waals surface area contributed by atoms with Crippen LogP contribution in [0.2, 0.25) is 0 Å². The summed E-state index contributed by atoms with van der Waals surface area (Å²) in [7, 11) is 2.38. The number of nitrogens with zero attached hydrogens (tertiary/aromatic N) is 2. The lowest BCUT2D eigenvalue weighted by molar-refractivity contribution is 0.0476. The van der Waals surface area contributed by atoms with Crippen LogP contribution in [0.3, 0.4) is 0 Å². The molecule has 0 aliphatic carbocycles. The second kappa shape index (κ2) is 10.6. The molecule has 192 valence electrons. The van der Waals surface area contributed by atoms with Crippen molar-refractivity contribution >= 4 is 56.0 Å². The lowest BCUT2D eigenvalue weighted by atomic mass is 10.2. The first-order valence-electron chi connectivity index (χ1n) is 10.4. The van der Waals surface area contributed by atoms with Gasteiger partial charge in [-0.25, -0.2) is 28.3 Å². The van der Waals surface area contributed by atoms with Crippen LogP contribution in [0.5, 0.6) is 0 Å². The number of aromatic nitrogens is 2. The Hall–Kier alpha value is -2.60. The zero-order chi connectivity index (χ0) is 26.9. The molecule has 0 aliphatic rings. The molecular weight excluding hydrogens is 592 g/mol. The molecule has 2 aromatic rings. The van der Waals surface area contributed by atoms with Crippen molar-refractivity contribution in [2.24, 2.45) is 0 Å². The minimum atomic E-state index is -0.853. The number of hydrogen-bond acceptors (Lipinski definition) is 8. The Bertz CT molecular complexity index is 1080. The van der Waals surface area contributed by atoms with E-state index in [2.05, 4.69) is 31.9 Å². The van der Waals surface area contributed by atoms with Crippen LogP contribution in [0.15, 0.2) is 21.1 Å². The lowest BCUT2D eigenvalue weighted by Crippen LogP contribution is -2.31. The van der Waals surface area contributed by atoms with Gasteiger partial charge in [0.1, 0.15) is 22.6 Å². The first-order chi connectivity index (χ1) is 16.0. The van der Waals surface area contributed by atoms with Crippen molar-refractivity contribution in [1.82, 2.24) is 9.13 Å². The quantitative estimate of drug-likeness (QED) is 0.323. The summed E-state index contributed by atoms with van der Waals surface area (Å²) in [5.74, 6) is -1.53. The molecule has 0 spiro atoms. The molecule has 10 nitrogen and oxygen atoms in total. The van der Waals surface area contributed by atoms with E-state index in [1.165, 1.54) is 26.4 Å². The van der Waals surface area contributed by atoms with E-state index >= 15 is 0 Å². The molecule has 35 heavy (non-hydrogen) atoms. The average Bonchev–Trinajstić information content (AvgIpc) is 3.22. The number of ether oxygens (including phenoxy) is 4. The number of rotatable bonds is 4. The molecule has 0 fully saturated rings. The zero-order valence-electron chi connectivity index (χ0n) is 20.8. The van der Waals surface area contributed by atoms with Gasteiger partial charge in [-0.1, -0.05) is 0 Å². The average molecular weight is 620 g/mol. The summed E-state index contributed by atoms with van der Waals surface area (Å²) in [6.07, 6.45) is -1.73. The maximum absolute atomic E-state index is 13.1. The first-order valence-corrected chi connectivity index (χ1v) is 12.0. The fourth-order valence-electron chi connectivity index (χ4n) is 3.07. The van der Waals surface area contributed by atoms with Gasteiger partial charge in [-0.15, -0.1) is 0 Å². The number of methoxy groups -OCH3 is 2. The predicted octanol–water partition coefficient (Wildman–Crippen LogP) is 5.55. The summed E-state index contributed by atoms with van der Waals surface area (Å²) in [5, 5.41) is 0. The molecule has 0 bridgehead atoms. The molecule has 12 heteroatoms. The van der Waals surface area contributed by atoms with E-state index in [4.69, 9.17) is 18.9 Å². The van der Waals surface area contributed by atoms with E-state index in [1.807, 2.05) is 0 Å². The Labute approximate surface area is 220 Å². The highest BCUT2D eigenvalue weighted by Gasteiger charge is 2.32. The molecule has 0 N–H and O–H groups in total. The van der Waals surface area contributed by atoms with E-state index in [-0.39, 0.29) is 29.2 Å². The number of esters is 2. The standard InChI is InChI=1S/C23H28Br2N2O8/c1-22(2,3)34-20(30)26-14(12(24)9-16(26)18(28)32-7)11-15-13(25)10-17(19(29)33-8)27(15)21(31)35-23(4,5)6/h9-10H,11H2,1-8H3. The molecule has 0 aromatic carbocycles. The van der Waals surface area contributed by atoms with Gasteiger partial charge in [-0.2, -0.15) is 0 Å². The van der Waals surface area contributed by atoms with E-state index in [0.29, 0.717) is 8.95 Å². The van der Waals surface area contributed by atoms with Gasteiger partial charge < -0.3 is 18.9 Å². The van der Waals surface area contributed by atoms with Gasteiger partial charge in [0.2, 0.25) is 0 Å². The lowest BCUT2D eigenvalue weighted by Gasteiger charge is -2.22. The highest BCUT2D eigenvalue weighted by Crippen LogP contribution is 2.32. The Balaban J connectivity index is 2.75. The topological polar surface area (TPSA) is 115 Å². The second-order valence-electron chi connectivity index (χ2n) is 9.44. The molecule has 0 saturated carbocycles. The van der Waals surface area contributed by atoms with E-state index < -0.39 is 35.3 Å². The van der Waals surface area contributed by atoms with Crippen LogP contribution in [0, 0.1) is 0 Å². The molecule has 0 amide bonds. The number of carbonyl (C=O) groups excluding carboxylic acids is 4. The molecular formula is C23H28Br2N2O8. The summed E-state index contributed by atoms with van der Waals surface area (Å²) >= 11 is 6.77. The maximum atomic E-state index is 13.1. The fourth-order valence-corrected chi connectivity index (χ4v) is 4.14. The van der Waals surface area contributed by atoms with E-state index in [1.54, 1.807) is 41.5 Å². The SMILES string of the molecule is COC(=O)c1cc(Br)c(Cc2c(Br)cc(C(=O)OC)n2C(=O)OC(C)(C)C)n1C(=O)OC(C)(C)C. The summed E-state index contributed by atoms with van der Waals surface area (Å²) in [6, 6.07) is 2.84. The molecule has 0 unspecified atom stereocenters. The van der Waals surface area contributed by atoms with Crippen LogP contribution in [0.1, 0.15) is 73.9 Å². The van der Waals surface area contributed by atoms with Crippen molar-refractivity contribution in [3.63, 3.8) is 0 Å². The Morgan fingerprint density at radius 3 is 1.29 bits per heavy atom. The summed E-state index contributed by atoms with van der Waals surface area (Å²) in [6.45, 7) is 10.1. The number of halogens is 2. The highest BCUT2D eigenvalue weighted by atomic mass is 79.9. The third kappa shape index (κ3) is 6.75. The molecule has 2 heterocycles. The van der Waals surface area contributed by atoms with Crippen molar-refractivity contribution in [3.8, 4) is 0 Å². The van der Waals surface area contributed by atoms with Crippen LogP contribution in [-0.4, -0.2) is 58.7 Å². The Morgan fingerprint density at radius 1 is 0.714 bits per heavy atom. The summed E-state index contributed by atoms with van der Waals surface area (Å²) in [4.78, 5) is 51.1. The second-order valence-corrected chi connectivity index (χ2v) is 11.1. The minimum absolute atomic E-state index is 0.0803. The normalized spacial score (nSPS) is 11.7. The summed E-state index contributed by atoms with van der Waals surface area (Å²) < 4.78 is 23.5. The van der Waals surface area contributed by atoms with Crippen molar-refractivity contribution in [2.45, 2.75) is 59.2 Å². The molecule has 2 rings (SSSR count). The van der Waals surface area contributed by atoms with Crippen LogP contribution in [0.25, 0.3) is 0 Å². The molecule has 0 atom stereocenters. The van der Waals surface area contributed by atoms with Crippen molar-refractivity contribution in [1.29, 1.82) is 0 Å². The molecule has 0 saturated heterocycles. The van der Waals surface area contributed by atoms with E-state index in [9.17, 15) is 19.2 Å². The van der Waals surface area contributed by atoms with Gasteiger partial charge in [0.05, 0.1) is 14.2 Å². The largest absolute Gasteiger partial charge is 0.464 e. The van der Waals surface area contributed by atoms with Gasteiger partial charge in [-0.3, -0.25) is 0 Å². The molecule has 2 aromatic heterocycles. The monoisotopic (exact) mass is 618 g/mol. The Kier molecular flexibility index (Phi) is 8.65. The zero-order valence-corrected chi connectivity index (χ0v) is 24.0. The number of hydrogen-bond donors (Lipinski definition) is 0. The third-order valence-corrected chi connectivity index (χ3v) is 5.75. The predicted molar refractivity (Wildman–Crippen MR) is 133 cm³/mol. The Morgan fingerprint density at radius 2 is 1.03 bits per heavy atom. The maximum Gasteiger partial charge on any atom is 0.419 e. The van der Waals surface area contributed by atoms with Crippen LogP contribution in [0.4, 0.5) is 9.59 Å². The minimum Gasteiger partial charge on any atom is -0.464 e. The van der Waals surface area contributed by atoms with Crippen molar-refractivity contribution < 1.29 is 38.1 Å². The van der Waals surface area contributed by atoms with Crippen LogP contribution >= 0.6 is 31.9 Å². The van der Waals surface area contributed by atoms with Gasteiger partial charge >= 0.3 is 24.1 Å². The fraction of sp³-hybridized carbons (Fsp3) is 0.478.